The van der Waals surface area contributed by atoms with Crippen molar-refractivity contribution in [3.8, 4) is 0 Å². The van der Waals surface area contributed by atoms with Gasteiger partial charge in [0.25, 0.3) is 0 Å². The molecule has 0 aliphatic carbocycles. The maximum absolute atomic E-state index is 12.4. The predicted octanol–water partition coefficient (Wildman–Crippen LogP) is 2.75. The predicted molar refractivity (Wildman–Crippen MR) is 84.2 cm³/mol. The number of carbonyl (C=O) groups is 1. The van der Waals surface area contributed by atoms with E-state index in [-0.39, 0.29) is 5.91 Å². The Balaban J connectivity index is 1.90. The third-order valence-corrected chi connectivity index (χ3v) is 3.98. The number of rotatable bonds is 8. The van der Waals surface area contributed by atoms with Gasteiger partial charge in [-0.2, -0.15) is 11.3 Å². The second-order valence-corrected chi connectivity index (χ2v) is 5.58. The molecule has 0 saturated carbocycles. The van der Waals surface area contributed by atoms with Crippen molar-refractivity contribution in [3.05, 3.63) is 52.5 Å². The van der Waals surface area contributed by atoms with Crippen LogP contribution in [0.2, 0.25) is 0 Å². The highest BCUT2D eigenvalue weighted by Gasteiger charge is 2.14. The van der Waals surface area contributed by atoms with Crippen LogP contribution in [0.25, 0.3) is 0 Å². The maximum atomic E-state index is 12.4. The van der Waals surface area contributed by atoms with Crippen LogP contribution in [0.15, 0.2) is 41.4 Å². The van der Waals surface area contributed by atoms with Gasteiger partial charge in [-0.25, -0.2) is 0 Å². The lowest BCUT2D eigenvalue weighted by molar-refractivity contribution is -0.132. The summed E-state index contributed by atoms with van der Waals surface area (Å²) in [5.74, 6) is 0.162. The van der Waals surface area contributed by atoms with Gasteiger partial charge in [-0.15, -0.1) is 0 Å². The highest BCUT2D eigenvalue weighted by Crippen LogP contribution is 2.11. The third-order valence-electron chi connectivity index (χ3n) is 3.25. The molecule has 2 aromatic rings. The first-order valence-electron chi connectivity index (χ1n) is 6.96. The molecular weight excluding hydrogens is 284 g/mol. The first-order chi connectivity index (χ1) is 10.3. The largest absolute Gasteiger partial charge is 0.383 e. The molecule has 0 radical (unpaired) electrons. The van der Waals surface area contributed by atoms with Crippen molar-refractivity contribution in [1.82, 2.24) is 9.88 Å². The summed E-state index contributed by atoms with van der Waals surface area (Å²) in [5, 5.41) is 4.11. The minimum Gasteiger partial charge on any atom is -0.383 e. The summed E-state index contributed by atoms with van der Waals surface area (Å²) in [6.07, 6.45) is 4.77. The van der Waals surface area contributed by atoms with Gasteiger partial charge in [0.2, 0.25) is 5.91 Å². The summed E-state index contributed by atoms with van der Waals surface area (Å²) in [7, 11) is 1.66. The molecule has 0 bridgehead atoms. The lowest BCUT2D eigenvalue weighted by atomic mass is 10.1. The van der Waals surface area contributed by atoms with Gasteiger partial charge in [-0.1, -0.05) is 0 Å². The van der Waals surface area contributed by atoms with Crippen molar-refractivity contribution in [2.24, 2.45) is 0 Å². The third kappa shape index (κ3) is 5.28. The number of thiophene rings is 1. The smallest absolute Gasteiger partial charge is 0.223 e. The van der Waals surface area contributed by atoms with Crippen LogP contribution in [0.5, 0.6) is 0 Å². The maximum Gasteiger partial charge on any atom is 0.223 e. The fourth-order valence-corrected chi connectivity index (χ4v) is 2.72. The van der Waals surface area contributed by atoms with E-state index >= 15 is 0 Å². The molecule has 0 unspecified atom stereocenters. The van der Waals surface area contributed by atoms with E-state index in [4.69, 9.17) is 4.74 Å². The van der Waals surface area contributed by atoms with E-state index in [1.165, 1.54) is 5.56 Å². The molecule has 0 aliphatic rings. The van der Waals surface area contributed by atoms with Crippen LogP contribution in [-0.2, 0) is 22.5 Å². The van der Waals surface area contributed by atoms with Crippen LogP contribution in [0.1, 0.15) is 17.5 Å². The van der Waals surface area contributed by atoms with Crippen molar-refractivity contribution in [3.63, 3.8) is 0 Å². The monoisotopic (exact) mass is 304 g/mol. The number of aryl methyl sites for hydroxylation is 1. The van der Waals surface area contributed by atoms with E-state index in [9.17, 15) is 4.79 Å². The zero-order chi connectivity index (χ0) is 14.9. The van der Waals surface area contributed by atoms with Gasteiger partial charge in [0, 0.05) is 39.0 Å². The summed E-state index contributed by atoms with van der Waals surface area (Å²) < 4.78 is 5.10. The normalized spacial score (nSPS) is 10.5. The summed E-state index contributed by atoms with van der Waals surface area (Å²) in [5.41, 5.74) is 2.31. The highest BCUT2D eigenvalue weighted by atomic mass is 32.1. The Labute approximate surface area is 129 Å². The summed E-state index contributed by atoms with van der Waals surface area (Å²) in [6, 6.07) is 5.96. The van der Waals surface area contributed by atoms with Gasteiger partial charge < -0.3 is 9.64 Å². The van der Waals surface area contributed by atoms with Crippen LogP contribution in [-0.4, -0.2) is 36.1 Å². The molecule has 2 rings (SSSR count). The van der Waals surface area contributed by atoms with Crippen LogP contribution >= 0.6 is 11.3 Å². The number of ether oxygens (including phenoxy) is 1. The fraction of sp³-hybridized carbons (Fsp3) is 0.375. The quantitative estimate of drug-likeness (QED) is 0.753. The SMILES string of the molecule is COCCN(Cc1ccsc1)C(=O)CCc1ccncc1. The van der Waals surface area contributed by atoms with Crippen molar-refractivity contribution in [1.29, 1.82) is 0 Å². The molecule has 0 spiro atoms. The van der Waals surface area contributed by atoms with E-state index < -0.39 is 0 Å². The molecule has 0 fully saturated rings. The molecule has 2 aromatic heterocycles. The zero-order valence-corrected chi connectivity index (χ0v) is 13.0. The molecule has 0 aliphatic heterocycles. The number of amides is 1. The van der Waals surface area contributed by atoms with E-state index in [0.29, 0.717) is 26.1 Å². The highest BCUT2D eigenvalue weighted by molar-refractivity contribution is 7.07. The average molecular weight is 304 g/mol. The molecule has 21 heavy (non-hydrogen) atoms. The number of pyridine rings is 1. The molecular formula is C16H20N2O2S. The molecule has 4 nitrogen and oxygen atoms in total. The van der Waals surface area contributed by atoms with Crippen molar-refractivity contribution >= 4 is 17.2 Å². The molecule has 0 atom stereocenters. The number of aromatic nitrogens is 1. The Hall–Kier alpha value is -1.72. The lowest BCUT2D eigenvalue weighted by Gasteiger charge is -2.22. The number of hydrogen-bond donors (Lipinski definition) is 0. The number of nitrogens with zero attached hydrogens (tertiary/aromatic N) is 2. The molecule has 0 aromatic carbocycles. The second-order valence-electron chi connectivity index (χ2n) is 4.80. The summed E-state index contributed by atoms with van der Waals surface area (Å²) >= 11 is 1.65. The molecule has 0 saturated heterocycles. The molecule has 112 valence electrons. The Bertz CT molecular complexity index is 528. The van der Waals surface area contributed by atoms with Gasteiger partial charge in [0.05, 0.1) is 6.61 Å². The topological polar surface area (TPSA) is 42.4 Å². The molecule has 1 amide bonds. The number of hydrogen-bond acceptors (Lipinski definition) is 4. The van der Waals surface area contributed by atoms with Gasteiger partial charge in [-0.3, -0.25) is 9.78 Å². The Kier molecular flexibility index (Phi) is 6.37. The van der Waals surface area contributed by atoms with Crippen LogP contribution in [0.4, 0.5) is 0 Å². The van der Waals surface area contributed by atoms with Crippen LogP contribution < -0.4 is 0 Å². The zero-order valence-electron chi connectivity index (χ0n) is 12.2. The number of methoxy groups -OCH3 is 1. The molecule has 5 heteroatoms. The Morgan fingerprint density at radius 3 is 2.76 bits per heavy atom. The van der Waals surface area contributed by atoms with Crippen LogP contribution in [0, 0.1) is 0 Å². The first-order valence-corrected chi connectivity index (χ1v) is 7.90. The molecule has 0 N–H and O–H groups in total. The van der Waals surface area contributed by atoms with E-state index in [0.717, 1.165) is 12.0 Å². The van der Waals surface area contributed by atoms with E-state index in [2.05, 4.69) is 16.4 Å². The van der Waals surface area contributed by atoms with Crippen molar-refractivity contribution in [2.45, 2.75) is 19.4 Å². The Morgan fingerprint density at radius 2 is 2.10 bits per heavy atom. The Morgan fingerprint density at radius 1 is 1.29 bits per heavy atom. The standard InChI is InChI=1S/C16H20N2O2S/c1-20-10-9-18(12-15-6-11-21-13-15)16(19)3-2-14-4-7-17-8-5-14/h4-8,11,13H,2-3,9-10,12H2,1H3. The second kappa shape index (κ2) is 8.54. The summed E-state index contributed by atoms with van der Waals surface area (Å²) in [6.45, 7) is 1.84. The molecule has 2 heterocycles. The van der Waals surface area contributed by atoms with E-state index in [1.54, 1.807) is 30.8 Å². The van der Waals surface area contributed by atoms with Crippen molar-refractivity contribution in [2.75, 3.05) is 20.3 Å². The van der Waals surface area contributed by atoms with Crippen molar-refractivity contribution < 1.29 is 9.53 Å². The number of carbonyl (C=O) groups excluding carboxylic acids is 1. The lowest BCUT2D eigenvalue weighted by Crippen LogP contribution is -2.33. The van der Waals surface area contributed by atoms with E-state index in [1.807, 2.05) is 22.4 Å². The fourth-order valence-electron chi connectivity index (χ4n) is 2.06. The van der Waals surface area contributed by atoms with Gasteiger partial charge >= 0.3 is 0 Å². The minimum absolute atomic E-state index is 0.162. The minimum atomic E-state index is 0.162. The van der Waals surface area contributed by atoms with Gasteiger partial charge in [0.15, 0.2) is 0 Å². The summed E-state index contributed by atoms with van der Waals surface area (Å²) in [4.78, 5) is 18.3. The van der Waals surface area contributed by atoms with Crippen LogP contribution in [0.3, 0.4) is 0 Å². The van der Waals surface area contributed by atoms with Gasteiger partial charge in [-0.05, 0) is 46.5 Å². The average Bonchev–Trinajstić information content (AvgIpc) is 3.03. The first kappa shape index (κ1) is 15.7. The van der Waals surface area contributed by atoms with Gasteiger partial charge in [0.1, 0.15) is 0 Å².